The topological polar surface area (TPSA) is 54.3 Å². The van der Waals surface area contributed by atoms with Gasteiger partial charge in [-0.3, -0.25) is 10.1 Å². The molecule has 136 valence electrons. The Labute approximate surface area is 167 Å². The first-order chi connectivity index (χ1) is 13.7. The number of para-hydroxylation sites is 1. The molecule has 0 radical (unpaired) electrons. The average molecular weight is 384 g/mol. The summed E-state index contributed by atoms with van der Waals surface area (Å²) >= 11 is 5.31. The van der Waals surface area contributed by atoms with Gasteiger partial charge in [0.25, 0.3) is 5.91 Å². The summed E-state index contributed by atoms with van der Waals surface area (Å²) in [5.41, 5.74) is 6.63. The summed E-state index contributed by atoms with van der Waals surface area (Å²) in [4.78, 5) is 12.4. The van der Waals surface area contributed by atoms with Crippen molar-refractivity contribution in [2.45, 2.75) is 6.42 Å². The minimum Gasteiger partial charge on any atom is -0.451 e. The Morgan fingerprint density at radius 3 is 2.57 bits per heavy atom. The van der Waals surface area contributed by atoms with Crippen molar-refractivity contribution >= 4 is 39.9 Å². The first kappa shape index (κ1) is 16.7. The smallest absolute Gasteiger partial charge is 0.293 e. The van der Waals surface area contributed by atoms with Crippen LogP contribution >= 0.6 is 12.2 Å². The average Bonchev–Trinajstić information content (AvgIpc) is 3.28. The number of benzene rings is 3. The quantitative estimate of drug-likeness (QED) is 0.414. The van der Waals surface area contributed by atoms with Crippen LogP contribution in [0, 0.1) is 0 Å². The van der Waals surface area contributed by atoms with Gasteiger partial charge in [0, 0.05) is 11.1 Å². The molecule has 0 saturated heterocycles. The van der Waals surface area contributed by atoms with Crippen molar-refractivity contribution in [2.75, 3.05) is 5.32 Å². The monoisotopic (exact) mass is 384 g/mol. The van der Waals surface area contributed by atoms with Gasteiger partial charge in [-0.05, 0) is 65.2 Å². The lowest BCUT2D eigenvalue weighted by Gasteiger charge is -2.10. The van der Waals surface area contributed by atoms with Gasteiger partial charge < -0.3 is 9.73 Å². The fraction of sp³-hybridized carbons (Fsp3) is 0.0435. The molecule has 0 atom stereocenters. The molecule has 28 heavy (non-hydrogen) atoms. The third-order valence-corrected chi connectivity index (χ3v) is 5.13. The van der Waals surface area contributed by atoms with Crippen molar-refractivity contribution in [1.82, 2.24) is 5.32 Å². The Kier molecular flexibility index (Phi) is 3.95. The molecule has 4 aromatic rings. The Bertz CT molecular complexity index is 1210. The summed E-state index contributed by atoms with van der Waals surface area (Å²) in [5.74, 6) is -0.142. The van der Waals surface area contributed by atoms with Crippen LogP contribution in [0.1, 0.15) is 21.7 Å². The molecule has 0 fully saturated rings. The Morgan fingerprint density at radius 1 is 0.893 bits per heavy atom. The van der Waals surface area contributed by atoms with E-state index in [4.69, 9.17) is 16.6 Å². The van der Waals surface area contributed by atoms with E-state index in [2.05, 4.69) is 47.0 Å². The minimum atomic E-state index is -0.373. The summed E-state index contributed by atoms with van der Waals surface area (Å²) in [6.07, 6.45) is 0.902. The second-order valence-electron chi connectivity index (χ2n) is 6.76. The fourth-order valence-electron chi connectivity index (χ4n) is 3.64. The molecule has 1 aromatic heterocycles. The van der Waals surface area contributed by atoms with Crippen LogP contribution in [0.15, 0.2) is 77.2 Å². The second-order valence-corrected chi connectivity index (χ2v) is 7.17. The number of anilines is 1. The number of fused-ring (bicyclic) bond motifs is 4. The van der Waals surface area contributed by atoms with Gasteiger partial charge >= 0.3 is 0 Å². The zero-order valence-electron chi connectivity index (χ0n) is 14.9. The predicted molar refractivity (Wildman–Crippen MR) is 115 cm³/mol. The van der Waals surface area contributed by atoms with Crippen molar-refractivity contribution in [3.8, 4) is 11.1 Å². The molecule has 0 aliphatic heterocycles. The van der Waals surface area contributed by atoms with Crippen molar-refractivity contribution < 1.29 is 9.21 Å². The summed E-state index contributed by atoms with van der Waals surface area (Å²) in [7, 11) is 0. The zero-order valence-corrected chi connectivity index (χ0v) is 15.7. The van der Waals surface area contributed by atoms with E-state index in [0.29, 0.717) is 5.58 Å². The number of thiocarbonyl (C=S) groups is 1. The largest absolute Gasteiger partial charge is 0.451 e. The van der Waals surface area contributed by atoms with Gasteiger partial charge in [0.05, 0.1) is 0 Å². The Balaban J connectivity index is 1.29. The lowest BCUT2D eigenvalue weighted by molar-refractivity contribution is 0.0953. The molecule has 2 N–H and O–H groups in total. The van der Waals surface area contributed by atoms with Gasteiger partial charge in [-0.15, -0.1) is 0 Å². The lowest BCUT2D eigenvalue weighted by atomic mass is 10.1. The molecule has 1 aliphatic rings. The fourth-order valence-corrected chi connectivity index (χ4v) is 3.85. The molecular formula is C23H16N2O2S. The number of carbonyl (C=O) groups excluding carboxylic acids is 1. The predicted octanol–water partition coefficient (Wildman–Crippen LogP) is 5.13. The molecule has 3 aromatic carbocycles. The lowest BCUT2D eigenvalue weighted by Crippen LogP contribution is -2.33. The molecule has 1 amide bonds. The third kappa shape index (κ3) is 2.96. The van der Waals surface area contributed by atoms with Crippen LogP contribution in [0.25, 0.3) is 22.1 Å². The SMILES string of the molecule is O=C(NC(=S)Nc1ccc2c(c1)Cc1ccccc1-2)c1cc2ccccc2o1. The number of hydrogen-bond donors (Lipinski definition) is 2. The maximum atomic E-state index is 12.4. The first-order valence-corrected chi connectivity index (χ1v) is 9.40. The summed E-state index contributed by atoms with van der Waals surface area (Å²) in [5, 5.41) is 6.89. The van der Waals surface area contributed by atoms with Crippen LogP contribution in [-0.4, -0.2) is 11.0 Å². The van der Waals surface area contributed by atoms with E-state index in [1.165, 1.54) is 22.3 Å². The van der Waals surface area contributed by atoms with Gasteiger partial charge in [0.1, 0.15) is 5.58 Å². The number of hydrogen-bond acceptors (Lipinski definition) is 3. The molecule has 5 rings (SSSR count). The van der Waals surface area contributed by atoms with Gasteiger partial charge in [-0.1, -0.05) is 48.5 Å². The molecule has 5 heteroatoms. The van der Waals surface area contributed by atoms with E-state index >= 15 is 0 Å². The van der Waals surface area contributed by atoms with Crippen LogP contribution < -0.4 is 10.6 Å². The number of carbonyl (C=O) groups is 1. The number of furan rings is 1. The molecule has 1 aliphatic carbocycles. The van der Waals surface area contributed by atoms with Crippen molar-refractivity contribution in [2.24, 2.45) is 0 Å². The minimum absolute atomic E-state index is 0.231. The molecule has 4 nitrogen and oxygen atoms in total. The van der Waals surface area contributed by atoms with Crippen LogP contribution in [-0.2, 0) is 6.42 Å². The van der Waals surface area contributed by atoms with Gasteiger partial charge in [0.15, 0.2) is 10.9 Å². The molecular weight excluding hydrogens is 368 g/mol. The maximum absolute atomic E-state index is 12.4. The van der Waals surface area contributed by atoms with Gasteiger partial charge in [-0.2, -0.15) is 0 Å². The summed E-state index contributed by atoms with van der Waals surface area (Å²) < 4.78 is 5.58. The van der Waals surface area contributed by atoms with Gasteiger partial charge in [-0.25, -0.2) is 0 Å². The normalized spacial score (nSPS) is 11.7. The van der Waals surface area contributed by atoms with Crippen LogP contribution in [0.4, 0.5) is 5.69 Å². The Hall–Kier alpha value is -3.44. The zero-order chi connectivity index (χ0) is 19.1. The summed E-state index contributed by atoms with van der Waals surface area (Å²) in [6, 6.07) is 23.8. The van der Waals surface area contributed by atoms with Crippen LogP contribution in [0.2, 0.25) is 0 Å². The number of nitrogens with one attached hydrogen (secondary N) is 2. The van der Waals surface area contributed by atoms with Crippen LogP contribution in [0.5, 0.6) is 0 Å². The highest BCUT2D eigenvalue weighted by Crippen LogP contribution is 2.37. The molecule has 0 unspecified atom stereocenters. The molecule has 0 saturated carbocycles. The standard InChI is InChI=1S/C23H16N2O2S/c26-22(21-13-15-6-2-4-8-20(15)27-21)25-23(28)24-17-9-10-19-16(12-17)11-14-5-1-3-7-18(14)19/h1-10,12-13H,11H2,(H2,24,25,26,28). The van der Waals surface area contributed by atoms with E-state index in [0.717, 1.165) is 17.5 Å². The van der Waals surface area contributed by atoms with Crippen LogP contribution in [0.3, 0.4) is 0 Å². The van der Waals surface area contributed by atoms with Crippen molar-refractivity contribution in [1.29, 1.82) is 0 Å². The second kappa shape index (κ2) is 6.62. The molecule has 0 spiro atoms. The summed E-state index contributed by atoms with van der Waals surface area (Å²) in [6.45, 7) is 0. The van der Waals surface area contributed by atoms with Gasteiger partial charge in [0.2, 0.25) is 0 Å². The number of rotatable bonds is 2. The highest BCUT2D eigenvalue weighted by molar-refractivity contribution is 7.80. The van der Waals surface area contributed by atoms with E-state index in [-0.39, 0.29) is 16.8 Å². The first-order valence-electron chi connectivity index (χ1n) is 8.99. The number of amides is 1. The Morgan fingerprint density at radius 2 is 1.68 bits per heavy atom. The third-order valence-electron chi connectivity index (χ3n) is 4.93. The van der Waals surface area contributed by atoms with Crippen molar-refractivity contribution in [3.05, 3.63) is 89.7 Å². The highest BCUT2D eigenvalue weighted by atomic mass is 32.1. The van der Waals surface area contributed by atoms with E-state index in [9.17, 15) is 4.79 Å². The van der Waals surface area contributed by atoms with Crippen molar-refractivity contribution in [3.63, 3.8) is 0 Å². The maximum Gasteiger partial charge on any atom is 0.293 e. The molecule has 0 bridgehead atoms. The van der Waals surface area contributed by atoms with E-state index in [1.54, 1.807) is 6.07 Å². The van der Waals surface area contributed by atoms with E-state index in [1.807, 2.05) is 30.3 Å². The molecule has 1 heterocycles. The van der Waals surface area contributed by atoms with E-state index < -0.39 is 0 Å². The highest BCUT2D eigenvalue weighted by Gasteiger charge is 2.18.